The molecule has 1 unspecified atom stereocenters. The third-order valence-corrected chi connectivity index (χ3v) is 17.3. The molecule has 0 bridgehead atoms. The number of rotatable bonds is 26. The highest BCUT2D eigenvalue weighted by Crippen LogP contribution is 2.25. The van der Waals surface area contributed by atoms with Crippen LogP contribution in [0.1, 0.15) is 92.4 Å². The fraction of sp³-hybridized carbons (Fsp3) is 1.00. The van der Waals surface area contributed by atoms with Crippen molar-refractivity contribution in [3.8, 4) is 0 Å². The molecule has 6 nitrogen and oxygen atoms in total. The molecule has 1 N–H and O–H groups in total. The van der Waals surface area contributed by atoms with Crippen LogP contribution in [-0.4, -0.2) is 69.7 Å². The molecule has 0 saturated heterocycles. The van der Waals surface area contributed by atoms with Gasteiger partial charge in [0, 0.05) is 32.5 Å². The third-order valence-electron chi connectivity index (χ3n) is 6.60. The first-order valence-electron chi connectivity index (χ1n) is 15.3. The number of hydrogen-bond donors (Lipinski definition) is 1. The largest absolute Gasteiger partial charge is 0.500 e. The van der Waals surface area contributed by atoms with Gasteiger partial charge < -0.3 is 27.2 Å². The van der Waals surface area contributed by atoms with E-state index in [4.69, 9.17) is 22.1 Å². The first-order valence-corrected chi connectivity index (χ1v) is 23.4. The van der Waals surface area contributed by atoms with Crippen molar-refractivity contribution in [3.05, 3.63) is 0 Å². The van der Waals surface area contributed by atoms with Crippen molar-refractivity contribution in [2.45, 2.75) is 143 Å². The van der Waals surface area contributed by atoms with Crippen LogP contribution in [0.3, 0.4) is 0 Å². The van der Waals surface area contributed by atoms with Gasteiger partial charge in [0.2, 0.25) is 0 Å². The van der Waals surface area contributed by atoms with E-state index in [1.54, 1.807) is 0 Å². The Hall–Kier alpha value is 0.411. The SMILES string of the molecule is CCO[Si](CCCCCCC(O)COCCC[Si](C)(C)O[Si](C)(C)CCCCC(C)C)(OCC)OCC. The molecule has 0 amide bonds. The van der Waals surface area contributed by atoms with Gasteiger partial charge >= 0.3 is 8.80 Å². The Morgan fingerprint density at radius 3 is 1.65 bits per heavy atom. The molecule has 0 aliphatic heterocycles. The second-order valence-corrected chi connectivity index (χ2v) is 23.6. The quantitative estimate of drug-likeness (QED) is 0.0826. The number of aliphatic hydroxyl groups excluding tert-OH is 1. The summed E-state index contributed by atoms with van der Waals surface area (Å²) in [6.07, 6.45) is 9.66. The molecule has 0 heterocycles. The van der Waals surface area contributed by atoms with Crippen LogP contribution in [0, 0.1) is 5.92 Å². The van der Waals surface area contributed by atoms with Crippen molar-refractivity contribution in [2.24, 2.45) is 5.92 Å². The van der Waals surface area contributed by atoms with Crippen LogP contribution in [0.2, 0.25) is 44.3 Å². The van der Waals surface area contributed by atoms with Crippen LogP contribution in [0.5, 0.6) is 0 Å². The monoisotopic (exact) mass is 580 g/mol. The first kappa shape index (κ1) is 37.4. The van der Waals surface area contributed by atoms with Crippen LogP contribution >= 0.6 is 0 Å². The summed E-state index contributed by atoms with van der Waals surface area (Å²) >= 11 is 0. The summed E-state index contributed by atoms with van der Waals surface area (Å²) in [7, 11) is -5.76. The number of unbranched alkanes of at least 4 members (excludes halogenated alkanes) is 4. The minimum absolute atomic E-state index is 0.373. The zero-order chi connectivity index (χ0) is 28.2. The van der Waals surface area contributed by atoms with Gasteiger partial charge in [0.05, 0.1) is 12.7 Å². The van der Waals surface area contributed by atoms with E-state index in [2.05, 4.69) is 40.0 Å². The number of ether oxygens (including phenoxy) is 1. The van der Waals surface area contributed by atoms with Crippen molar-refractivity contribution in [2.75, 3.05) is 33.0 Å². The molecule has 0 spiro atoms. The normalized spacial score (nSPS) is 14.0. The number of hydrogen-bond acceptors (Lipinski definition) is 6. The Balaban J connectivity index is 3.98. The van der Waals surface area contributed by atoms with Gasteiger partial charge in [0.15, 0.2) is 16.6 Å². The highest BCUT2D eigenvalue weighted by molar-refractivity contribution is 6.84. The van der Waals surface area contributed by atoms with Gasteiger partial charge in [0.1, 0.15) is 0 Å². The highest BCUT2D eigenvalue weighted by Gasteiger charge is 2.39. The van der Waals surface area contributed by atoms with Crippen LogP contribution in [0.4, 0.5) is 0 Å². The van der Waals surface area contributed by atoms with Gasteiger partial charge in [-0.05, 0) is 84.2 Å². The first-order chi connectivity index (χ1) is 17.4. The molecule has 0 fully saturated rings. The standard InChI is InChI=1S/C28H64O6Si3/c1-10-31-37(32-11-2,33-12-3)25-17-14-13-15-21-28(29)26-30-22-19-24-36(8,9)34-35(6,7)23-18-16-20-27(4)5/h27-29H,10-26H2,1-9H3. The Morgan fingerprint density at radius 1 is 0.622 bits per heavy atom. The predicted molar refractivity (Wildman–Crippen MR) is 164 cm³/mol. The fourth-order valence-electron chi connectivity index (χ4n) is 4.93. The van der Waals surface area contributed by atoms with E-state index < -0.39 is 25.4 Å². The lowest BCUT2D eigenvalue weighted by atomic mass is 10.1. The van der Waals surface area contributed by atoms with E-state index in [0.717, 1.165) is 56.5 Å². The summed E-state index contributed by atoms with van der Waals surface area (Å²) < 4.78 is 30.3. The zero-order valence-corrected chi connectivity index (χ0v) is 29.2. The molecule has 1 atom stereocenters. The van der Waals surface area contributed by atoms with Gasteiger partial charge in [-0.3, -0.25) is 0 Å². The topological polar surface area (TPSA) is 66.4 Å². The third kappa shape index (κ3) is 20.9. The molecule has 9 heteroatoms. The Bertz CT molecular complexity index is 517. The van der Waals surface area contributed by atoms with Crippen LogP contribution in [-0.2, 0) is 22.1 Å². The lowest BCUT2D eigenvalue weighted by molar-refractivity contribution is 0.0313. The van der Waals surface area contributed by atoms with E-state index in [1.165, 1.54) is 25.3 Å². The minimum atomic E-state index is -2.52. The summed E-state index contributed by atoms with van der Waals surface area (Å²) in [6, 6.07) is 3.27. The maximum atomic E-state index is 10.3. The summed E-state index contributed by atoms with van der Waals surface area (Å²) in [6.45, 7) is 23.1. The molecule has 0 rings (SSSR count). The lowest BCUT2D eigenvalue weighted by Crippen LogP contribution is -2.45. The van der Waals surface area contributed by atoms with E-state index in [0.29, 0.717) is 33.0 Å². The van der Waals surface area contributed by atoms with Crippen LogP contribution in [0.25, 0.3) is 0 Å². The van der Waals surface area contributed by atoms with Crippen molar-refractivity contribution in [3.63, 3.8) is 0 Å². The Morgan fingerprint density at radius 2 is 1.11 bits per heavy atom. The second kappa shape index (κ2) is 21.2. The van der Waals surface area contributed by atoms with Crippen LogP contribution in [0.15, 0.2) is 0 Å². The molecule has 0 radical (unpaired) electrons. The summed E-state index contributed by atoms with van der Waals surface area (Å²) in [4.78, 5) is 0. The van der Waals surface area contributed by atoms with E-state index in [-0.39, 0.29) is 6.10 Å². The van der Waals surface area contributed by atoms with Gasteiger partial charge in [-0.15, -0.1) is 0 Å². The maximum absolute atomic E-state index is 10.3. The molecule has 0 saturated carbocycles. The Labute approximate surface area is 234 Å². The predicted octanol–water partition coefficient (Wildman–Crippen LogP) is 8.01. The lowest BCUT2D eigenvalue weighted by Gasteiger charge is -2.34. The fourth-order valence-corrected chi connectivity index (χ4v) is 16.5. The van der Waals surface area contributed by atoms with Crippen molar-refractivity contribution >= 4 is 25.4 Å². The van der Waals surface area contributed by atoms with Crippen molar-refractivity contribution < 1.29 is 27.2 Å². The minimum Gasteiger partial charge on any atom is -0.455 e. The summed E-state index contributed by atoms with van der Waals surface area (Å²) in [5.41, 5.74) is 0. The van der Waals surface area contributed by atoms with Crippen molar-refractivity contribution in [1.82, 2.24) is 0 Å². The molecule has 0 aliphatic carbocycles. The molecule has 0 aromatic heterocycles. The molecule has 0 aromatic carbocycles. The highest BCUT2D eigenvalue weighted by atomic mass is 28.4. The van der Waals surface area contributed by atoms with Crippen molar-refractivity contribution in [1.29, 1.82) is 0 Å². The van der Waals surface area contributed by atoms with Gasteiger partial charge in [-0.25, -0.2) is 0 Å². The van der Waals surface area contributed by atoms with E-state index >= 15 is 0 Å². The van der Waals surface area contributed by atoms with E-state index in [9.17, 15) is 5.11 Å². The van der Waals surface area contributed by atoms with Gasteiger partial charge in [0.25, 0.3) is 0 Å². The molecule has 0 aromatic rings. The van der Waals surface area contributed by atoms with Crippen LogP contribution < -0.4 is 0 Å². The summed E-state index contributed by atoms with van der Waals surface area (Å²) in [5, 5.41) is 10.3. The molecular weight excluding hydrogens is 517 g/mol. The second-order valence-electron chi connectivity index (χ2n) is 12.0. The molecular formula is C28H64O6Si3. The molecule has 37 heavy (non-hydrogen) atoms. The molecule has 0 aliphatic rings. The van der Waals surface area contributed by atoms with E-state index in [1.807, 2.05) is 20.8 Å². The number of aliphatic hydroxyl groups is 1. The van der Waals surface area contributed by atoms with Gasteiger partial charge in [-0.1, -0.05) is 52.4 Å². The zero-order valence-electron chi connectivity index (χ0n) is 26.2. The average molecular weight is 581 g/mol. The summed E-state index contributed by atoms with van der Waals surface area (Å²) in [5.74, 6) is 0.801. The van der Waals surface area contributed by atoms with Gasteiger partial charge in [-0.2, -0.15) is 0 Å². The average Bonchev–Trinajstić information content (AvgIpc) is 2.78. The Kier molecular flexibility index (Phi) is 21.4. The maximum Gasteiger partial charge on any atom is 0.500 e. The smallest absolute Gasteiger partial charge is 0.455 e. The molecule has 224 valence electrons.